The Hall–Kier alpha value is -0.240. The number of hydrogen-bond acceptors (Lipinski definition) is 6. The van der Waals surface area contributed by atoms with Gasteiger partial charge in [-0.2, -0.15) is 0 Å². The molecule has 14 heavy (non-hydrogen) atoms. The predicted octanol–water partition coefficient (Wildman–Crippen LogP) is -1.91. The highest BCUT2D eigenvalue weighted by atomic mass is 16.7. The molecule has 1 aliphatic heterocycles. The number of ether oxygens (including phenoxy) is 3. The molecule has 1 unspecified atom stereocenters. The summed E-state index contributed by atoms with van der Waals surface area (Å²) in [5.41, 5.74) is 0. The maximum Gasteiger partial charge on any atom is 0.184 e. The molecule has 0 aromatic heterocycles. The van der Waals surface area contributed by atoms with E-state index in [-0.39, 0.29) is 6.61 Å². The molecule has 3 N–H and O–H groups in total. The minimum absolute atomic E-state index is 0.380. The number of aliphatic hydroxyl groups excluding tert-OH is 3. The Kier molecular flexibility index (Phi) is 4.24. The molecule has 1 aliphatic rings. The van der Waals surface area contributed by atoms with Gasteiger partial charge in [-0.25, -0.2) is 0 Å². The normalized spacial score (nSPS) is 43.9. The second-order valence-corrected chi connectivity index (χ2v) is 3.14. The molecule has 0 aromatic carbocycles. The summed E-state index contributed by atoms with van der Waals surface area (Å²) in [7, 11) is 2.78. The van der Waals surface area contributed by atoms with Gasteiger partial charge in [0.2, 0.25) is 0 Å². The van der Waals surface area contributed by atoms with Crippen LogP contribution in [0.1, 0.15) is 0 Å². The van der Waals surface area contributed by atoms with Crippen molar-refractivity contribution < 1.29 is 29.5 Å². The summed E-state index contributed by atoms with van der Waals surface area (Å²) in [6.07, 6.45) is -4.52. The van der Waals surface area contributed by atoms with Crippen molar-refractivity contribution in [2.75, 3.05) is 20.8 Å². The van der Waals surface area contributed by atoms with Gasteiger partial charge in [0.25, 0.3) is 0 Å². The Morgan fingerprint density at radius 1 is 1.14 bits per heavy atom. The maximum absolute atomic E-state index is 9.65. The summed E-state index contributed by atoms with van der Waals surface area (Å²) in [4.78, 5) is 0. The molecule has 84 valence electrons. The number of aliphatic hydroxyl groups is 3. The molecule has 0 aliphatic carbocycles. The first-order valence-corrected chi connectivity index (χ1v) is 4.33. The monoisotopic (exact) mass is 208 g/mol. The van der Waals surface area contributed by atoms with Crippen LogP contribution in [0.15, 0.2) is 0 Å². The third kappa shape index (κ3) is 2.05. The van der Waals surface area contributed by atoms with Gasteiger partial charge in [0.05, 0.1) is 6.61 Å². The lowest BCUT2D eigenvalue weighted by molar-refractivity contribution is -0.295. The Bertz CT molecular complexity index is 175. The van der Waals surface area contributed by atoms with E-state index in [1.54, 1.807) is 0 Å². The van der Waals surface area contributed by atoms with E-state index < -0.39 is 30.7 Å². The summed E-state index contributed by atoms with van der Waals surface area (Å²) in [5.74, 6) is 0. The van der Waals surface area contributed by atoms with Crippen molar-refractivity contribution in [2.45, 2.75) is 30.7 Å². The first kappa shape index (κ1) is 11.8. The topological polar surface area (TPSA) is 88.4 Å². The van der Waals surface area contributed by atoms with E-state index in [2.05, 4.69) is 0 Å². The Balaban J connectivity index is 2.73. The second kappa shape index (κ2) is 5.01. The van der Waals surface area contributed by atoms with Crippen LogP contribution in [-0.4, -0.2) is 66.9 Å². The fourth-order valence-electron chi connectivity index (χ4n) is 1.58. The van der Waals surface area contributed by atoms with Crippen LogP contribution in [-0.2, 0) is 14.2 Å². The van der Waals surface area contributed by atoms with E-state index in [4.69, 9.17) is 19.3 Å². The maximum atomic E-state index is 9.65. The van der Waals surface area contributed by atoms with E-state index in [0.717, 1.165) is 0 Å². The molecular weight excluding hydrogens is 192 g/mol. The van der Waals surface area contributed by atoms with E-state index in [0.29, 0.717) is 0 Å². The molecular formula is C8H16O6. The fourth-order valence-corrected chi connectivity index (χ4v) is 1.58. The van der Waals surface area contributed by atoms with Crippen LogP contribution in [0.2, 0.25) is 0 Å². The van der Waals surface area contributed by atoms with Gasteiger partial charge in [-0.15, -0.1) is 0 Å². The van der Waals surface area contributed by atoms with Crippen molar-refractivity contribution in [1.29, 1.82) is 0 Å². The van der Waals surface area contributed by atoms with Crippen molar-refractivity contribution in [3.8, 4) is 0 Å². The summed E-state index contributed by atoms with van der Waals surface area (Å²) >= 11 is 0. The molecule has 0 amide bonds. The molecule has 0 bridgehead atoms. The molecule has 1 saturated heterocycles. The summed E-state index contributed by atoms with van der Waals surface area (Å²) in [6.45, 7) is -0.380. The van der Waals surface area contributed by atoms with Gasteiger partial charge in [0, 0.05) is 14.2 Å². The van der Waals surface area contributed by atoms with E-state index in [9.17, 15) is 10.2 Å². The van der Waals surface area contributed by atoms with Crippen molar-refractivity contribution in [3.05, 3.63) is 0 Å². The van der Waals surface area contributed by atoms with Crippen LogP contribution >= 0.6 is 0 Å². The lowest BCUT2D eigenvalue weighted by Crippen LogP contribution is -2.59. The molecule has 0 aromatic rings. The molecule has 1 rings (SSSR count). The quantitative estimate of drug-likeness (QED) is 0.501. The number of hydrogen-bond donors (Lipinski definition) is 3. The number of rotatable bonds is 3. The Morgan fingerprint density at radius 2 is 1.71 bits per heavy atom. The van der Waals surface area contributed by atoms with Crippen LogP contribution < -0.4 is 0 Å². The molecule has 0 spiro atoms. The average Bonchev–Trinajstić information content (AvgIpc) is 2.20. The Morgan fingerprint density at radius 3 is 2.14 bits per heavy atom. The molecule has 1 heterocycles. The van der Waals surface area contributed by atoms with Crippen LogP contribution in [0, 0.1) is 0 Å². The van der Waals surface area contributed by atoms with Gasteiger partial charge in [0.1, 0.15) is 24.4 Å². The van der Waals surface area contributed by atoms with Crippen molar-refractivity contribution in [3.63, 3.8) is 0 Å². The predicted molar refractivity (Wildman–Crippen MR) is 45.6 cm³/mol. The van der Waals surface area contributed by atoms with E-state index in [1.165, 1.54) is 14.2 Å². The zero-order valence-electron chi connectivity index (χ0n) is 8.16. The molecule has 0 radical (unpaired) electrons. The molecule has 0 saturated carbocycles. The largest absolute Gasteiger partial charge is 0.394 e. The summed E-state index contributed by atoms with van der Waals surface area (Å²) in [5, 5.41) is 27.9. The first-order valence-electron chi connectivity index (χ1n) is 4.33. The fraction of sp³-hybridized carbons (Fsp3) is 1.00. The second-order valence-electron chi connectivity index (χ2n) is 3.14. The van der Waals surface area contributed by atoms with Gasteiger partial charge in [0.15, 0.2) is 6.29 Å². The summed E-state index contributed by atoms with van der Waals surface area (Å²) in [6, 6.07) is 0. The van der Waals surface area contributed by atoms with E-state index in [1.807, 2.05) is 0 Å². The zero-order valence-corrected chi connectivity index (χ0v) is 8.16. The average molecular weight is 208 g/mol. The minimum Gasteiger partial charge on any atom is -0.394 e. The highest BCUT2D eigenvalue weighted by Gasteiger charge is 2.44. The van der Waals surface area contributed by atoms with Crippen molar-refractivity contribution in [2.24, 2.45) is 0 Å². The van der Waals surface area contributed by atoms with Crippen molar-refractivity contribution in [1.82, 2.24) is 0 Å². The SMILES string of the molecule is CO[C@H]1[C@H](O)[C@@H](CO)OC(O)[C@H]1OC. The minimum atomic E-state index is -1.20. The van der Waals surface area contributed by atoms with Gasteiger partial charge in [-0.3, -0.25) is 0 Å². The van der Waals surface area contributed by atoms with Crippen LogP contribution in [0.5, 0.6) is 0 Å². The van der Waals surface area contributed by atoms with E-state index >= 15 is 0 Å². The highest BCUT2D eigenvalue weighted by Crippen LogP contribution is 2.23. The van der Waals surface area contributed by atoms with Crippen LogP contribution in [0.4, 0.5) is 0 Å². The van der Waals surface area contributed by atoms with Gasteiger partial charge >= 0.3 is 0 Å². The molecule has 5 atom stereocenters. The molecule has 1 fully saturated rings. The molecule has 6 heteroatoms. The standard InChI is InChI=1S/C8H16O6/c1-12-6-5(10)4(3-9)14-8(11)7(6)13-2/h4-11H,3H2,1-2H3/t4-,5-,6+,7+,8?/m1/s1. The molecule has 6 nitrogen and oxygen atoms in total. The first-order chi connectivity index (χ1) is 6.65. The Labute approximate surface area is 82.0 Å². The van der Waals surface area contributed by atoms with Gasteiger partial charge in [-0.05, 0) is 0 Å². The zero-order chi connectivity index (χ0) is 10.7. The summed E-state index contributed by atoms with van der Waals surface area (Å²) < 4.78 is 14.8. The third-order valence-corrected chi connectivity index (χ3v) is 2.36. The lowest BCUT2D eigenvalue weighted by Gasteiger charge is -2.40. The van der Waals surface area contributed by atoms with Crippen molar-refractivity contribution >= 4 is 0 Å². The van der Waals surface area contributed by atoms with Crippen LogP contribution in [0.25, 0.3) is 0 Å². The number of methoxy groups -OCH3 is 2. The third-order valence-electron chi connectivity index (χ3n) is 2.36. The highest BCUT2D eigenvalue weighted by molar-refractivity contribution is 4.90. The van der Waals surface area contributed by atoms with Gasteiger partial charge < -0.3 is 29.5 Å². The smallest absolute Gasteiger partial charge is 0.184 e. The lowest BCUT2D eigenvalue weighted by atomic mass is 9.99. The van der Waals surface area contributed by atoms with Gasteiger partial charge in [-0.1, -0.05) is 0 Å². The van der Waals surface area contributed by atoms with Crippen LogP contribution in [0.3, 0.4) is 0 Å².